The van der Waals surface area contributed by atoms with Crippen molar-refractivity contribution in [3.05, 3.63) is 35.4 Å². The fourth-order valence-corrected chi connectivity index (χ4v) is 2.62. The first-order valence-electron chi connectivity index (χ1n) is 9.27. The third-order valence-electron chi connectivity index (χ3n) is 4.34. The summed E-state index contributed by atoms with van der Waals surface area (Å²) in [6, 6.07) is 8.33. The second-order valence-electron chi connectivity index (χ2n) is 7.74. The molecule has 1 aromatic carbocycles. The Morgan fingerprint density at radius 3 is 2.27 bits per heavy atom. The monoisotopic (exact) mass is 361 g/mol. The van der Waals surface area contributed by atoms with Gasteiger partial charge < -0.3 is 15.4 Å². The minimum absolute atomic E-state index is 0.0406. The first-order valence-corrected chi connectivity index (χ1v) is 9.27. The van der Waals surface area contributed by atoms with Gasteiger partial charge in [-0.2, -0.15) is 0 Å². The van der Waals surface area contributed by atoms with Crippen LogP contribution in [0.3, 0.4) is 0 Å². The van der Waals surface area contributed by atoms with Gasteiger partial charge in [0.15, 0.2) is 0 Å². The van der Waals surface area contributed by atoms with Gasteiger partial charge in [-0.25, -0.2) is 0 Å². The van der Waals surface area contributed by atoms with E-state index in [0.717, 1.165) is 38.4 Å². The number of ether oxygens (including phenoxy) is 1. The van der Waals surface area contributed by atoms with Gasteiger partial charge in [0.25, 0.3) is 0 Å². The number of amides is 2. The average Bonchev–Trinajstić information content (AvgIpc) is 2.61. The molecule has 0 bridgehead atoms. The minimum Gasteiger partial charge on any atom is -0.379 e. The number of rotatable bonds is 7. The molecule has 144 valence electrons. The predicted octanol–water partition coefficient (Wildman–Crippen LogP) is 1.69. The zero-order chi connectivity index (χ0) is 19.0. The summed E-state index contributed by atoms with van der Waals surface area (Å²) in [6.07, 6.45) is 0.289. The molecular weight excluding hydrogens is 330 g/mol. The molecule has 1 aliphatic heterocycles. The van der Waals surface area contributed by atoms with Gasteiger partial charge in [-0.1, -0.05) is 45.0 Å². The molecule has 2 N–H and O–H groups in total. The molecule has 0 radical (unpaired) electrons. The average molecular weight is 361 g/mol. The second-order valence-corrected chi connectivity index (χ2v) is 7.74. The molecule has 0 aliphatic carbocycles. The normalized spacial score (nSPS) is 15.5. The smallest absolute Gasteiger partial charge is 0.225 e. The first kappa shape index (κ1) is 20.4. The Morgan fingerprint density at radius 2 is 1.65 bits per heavy atom. The lowest BCUT2D eigenvalue weighted by molar-refractivity contribution is -0.128. The largest absolute Gasteiger partial charge is 0.379 e. The van der Waals surface area contributed by atoms with E-state index < -0.39 is 5.41 Å². The van der Waals surface area contributed by atoms with Crippen LogP contribution in [0.25, 0.3) is 0 Å². The van der Waals surface area contributed by atoms with Crippen LogP contribution < -0.4 is 10.6 Å². The molecule has 0 saturated carbocycles. The number of benzene rings is 1. The first-order chi connectivity index (χ1) is 12.3. The molecule has 1 aromatic rings. The van der Waals surface area contributed by atoms with E-state index in [4.69, 9.17) is 4.74 Å². The maximum Gasteiger partial charge on any atom is 0.225 e. The SMILES string of the molecule is CC(C)(C)C(=O)NCCC(=O)NCc1ccc(CN2CCOCC2)cc1. The maximum absolute atomic E-state index is 11.9. The lowest BCUT2D eigenvalue weighted by Gasteiger charge is -2.26. The van der Waals surface area contributed by atoms with Crippen molar-refractivity contribution in [2.45, 2.75) is 40.3 Å². The van der Waals surface area contributed by atoms with Crippen LogP contribution in [0.4, 0.5) is 0 Å². The van der Waals surface area contributed by atoms with Crippen molar-refractivity contribution in [2.24, 2.45) is 5.41 Å². The Hall–Kier alpha value is -1.92. The molecule has 1 saturated heterocycles. The third kappa shape index (κ3) is 7.14. The number of nitrogens with zero attached hydrogens (tertiary/aromatic N) is 1. The van der Waals surface area contributed by atoms with Crippen molar-refractivity contribution >= 4 is 11.8 Å². The quantitative estimate of drug-likeness (QED) is 0.775. The van der Waals surface area contributed by atoms with Gasteiger partial charge in [-0.15, -0.1) is 0 Å². The van der Waals surface area contributed by atoms with Crippen molar-refractivity contribution in [1.29, 1.82) is 0 Å². The van der Waals surface area contributed by atoms with Gasteiger partial charge in [-0.3, -0.25) is 14.5 Å². The molecule has 26 heavy (non-hydrogen) atoms. The van der Waals surface area contributed by atoms with Gasteiger partial charge in [0, 0.05) is 44.6 Å². The topological polar surface area (TPSA) is 70.7 Å². The number of morpholine rings is 1. The summed E-state index contributed by atoms with van der Waals surface area (Å²) >= 11 is 0. The van der Waals surface area contributed by atoms with Crippen LogP contribution in [0.5, 0.6) is 0 Å². The summed E-state index contributed by atoms with van der Waals surface area (Å²) in [5, 5.41) is 5.68. The van der Waals surface area contributed by atoms with Crippen LogP contribution in [-0.2, 0) is 27.4 Å². The molecule has 0 aromatic heterocycles. The van der Waals surface area contributed by atoms with E-state index in [2.05, 4.69) is 39.8 Å². The van der Waals surface area contributed by atoms with Crippen LogP contribution in [0.1, 0.15) is 38.3 Å². The lowest BCUT2D eigenvalue weighted by atomic mass is 9.96. The van der Waals surface area contributed by atoms with Crippen LogP contribution in [-0.4, -0.2) is 49.6 Å². The molecular formula is C20H31N3O3. The van der Waals surface area contributed by atoms with Gasteiger partial charge in [0.1, 0.15) is 0 Å². The molecule has 2 amide bonds. The molecule has 1 heterocycles. The minimum atomic E-state index is -0.431. The molecule has 0 spiro atoms. The summed E-state index contributed by atoms with van der Waals surface area (Å²) in [5.41, 5.74) is 1.91. The highest BCUT2D eigenvalue weighted by Gasteiger charge is 2.20. The number of carbonyl (C=O) groups is 2. The molecule has 2 rings (SSSR count). The van der Waals surface area contributed by atoms with Crippen molar-refractivity contribution in [3.63, 3.8) is 0 Å². The Labute approximate surface area is 156 Å². The van der Waals surface area contributed by atoms with Gasteiger partial charge in [-0.05, 0) is 11.1 Å². The predicted molar refractivity (Wildman–Crippen MR) is 101 cm³/mol. The summed E-state index contributed by atoms with van der Waals surface area (Å²) in [6.45, 7) is 10.9. The van der Waals surface area contributed by atoms with Crippen molar-refractivity contribution in [1.82, 2.24) is 15.5 Å². The Kier molecular flexibility index (Phi) is 7.60. The van der Waals surface area contributed by atoms with Gasteiger partial charge in [0.05, 0.1) is 13.2 Å². The van der Waals surface area contributed by atoms with E-state index in [-0.39, 0.29) is 18.2 Å². The number of hydrogen-bond donors (Lipinski definition) is 2. The highest BCUT2D eigenvalue weighted by atomic mass is 16.5. The zero-order valence-electron chi connectivity index (χ0n) is 16.1. The van der Waals surface area contributed by atoms with Crippen LogP contribution in [0.15, 0.2) is 24.3 Å². The summed E-state index contributed by atoms with van der Waals surface area (Å²) in [4.78, 5) is 26.0. The zero-order valence-corrected chi connectivity index (χ0v) is 16.1. The molecule has 1 fully saturated rings. The molecule has 1 aliphatic rings. The van der Waals surface area contributed by atoms with Gasteiger partial charge in [0.2, 0.25) is 11.8 Å². The van der Waals surface area contributed by atoms with E-state index in [1.165, 1.54) is 5.56 Å². The molecule has 0 atom stereocenters. The highest BCUT2D eigenvalue weighted by Crippen LogP contribution is 2.12. The summed E-state index contributed by atoms with van der Waals surface area (Å²) in [7, 11) is 0. The van der Waals surface area contributed by atoms with Gasteiger partial charge >= 0.3 is 0 Å². The number of hydrogen-bond acceptors (Lipinski definition) is 4. The fourth-order valence-electron chi connectivity index (χ4n) is 2.62. The third-order valence-corrected chi connectivity index (χ3v) is 4.34. The van der Waals surface area contributed by atoms with E-state index in [1.807, 2.05) is 20.8 Å². The van der Waals surface area contributed by atoms with Crippen LogP contribution in [0.2, 0.25) is 0 Å². The van der Waals surface area contributed by atoms with Crippen molar-refractivity contribution in [3.8, 4) is 0 Å². The van der Waals surface area contributed by atoms with E-state index >= 15 is 0 Å². The van der Waals surface area contributed by atoms with Crippen LogP contribution >= 0.6 is 0 Å². The highest BCUT2D eigenvalue weighted by molar-refractivity contribution is 5.82. The van der Waals surface area contributed by atoms with Crippen LogP contribution in [0, 0.1) is 5.41 Å². The standard InChI is InChI=1S/C20H31N3O3/c1-20(2,3)19(25)21-9-8-18(24)22-14-16-4-6-17(7-5-16)15-23-10-12-26-13-11-23/h4-7H,8-15H2,1-3H3,(H,21,25)(H,22,24). The Bertz CT molecular complexity index is 587. The molecule has 0 unspecified atom stereocenters. The van der Waals surface area contributed by atoms with E-state index in [9.17, 15) is 9.59 Å². The number of carbonyl (C=O) groups excluding carboxylic acids is 2. The molecule has 6 heteroatoms. The summed E-state index contributed by atoms with van der Waals surface area (Å²) < 4.78 is 5.36. The fraction of sp³-hybridized carbons (Fsp3) is 0.600. The van der Waals surface area contributed by atoms with E-state index in [0.29, 0.717) is 13.1 Å². The summed E-state index contributed by atoms with van der Waals surface area (Å²) in [5.74, 6) is -0.0993. The van der Waals surface area contributed by atoms with Crippen molar-refractivity contribution in [2.75, 3.05) is 32.8 Å². The molecule has 6 nitrogen and oxygen atoms in total. The van der Waals surface area contributed by atoms with Crippen molar-refractivity contribution < 1.29 is 14.3 Å². The van der Waals surface area contributed by atoms with E-state index in [1.54, 1.807) is 0 Å². The Morgan fingerprint density at radius 1 is 1.04 bits per heavy atom. The number of nitrogens with one attached hydrogen (secondary N) is 2. The maximum atomic E-state index is 11.9. The lowest BCUT2D eigenvalue weighted by Crippen LogP contribution is -2.37. The Balaban J connectivity index is 1.67. The second kappa shape index (κ2) is 9.69.